The monoisotopic (exact) mass is 2080 g/mol. The zero-order valence-corrected chi connectivity index (χ0v) is 78.3. The predicted molar refractivity (Wildman–Crippen MR) is 512 cm³/mol. The van der Waals surface area contributed by atoms with Crippen LogP contribution in [-0.2, 0) is 78.4 Å². The van der Waals surface area contributed by atoms with Gasteiger partial charge in [0.25, 0.3) is 65.0 Å². The Labute approximate surface area is 821 Å². The van der Waals surface area contributed by atoms with Crippen molar-refractivity contribution in [3.05, 3.63) is 289 Å². The van der Waals surface area contributed by atoms with Crippen molar-refractivity contribution >= 4 is 183 Å². The van der Waals surface area contributed by atoms with E-state index in [9.17, 15) is 96.0 Å². The van der Waals surface area contributed by atoms with Crippen LogP contribution in [0.25, 0.3) is 11.2 Å². The van der Waals surface area contributed by atoms with Gasteiger partial charge in [-0.3, -0.25) is 115 Å². The van der Waals surface area contributed by atoms with E-state index >= 15 is 4.79 Å². The molecule has 0 bridgehead atoms. The molecule has 1 aliphatic heterocycles. The van der Waals surface area contributed by atoms with E-state index in [0.717, 1.165) is 31.1 Å². The number of nitrogens with one attached hydrogen (secondary N) is 11. The number of carbonyl (C=O) groups excluding carboxylic acids is 11. The summed E-state index contributed by atoms with van der Waals surface area (Å²) < 4.78 is 107. The Bertz CT molecular complexity index is 7210. The molecule has 11 amide bonds. The number of fused-ring (bicyclic) bond motifs is 1. The minimum Gasteiger partial charge on any atom is -0.393 e. The minimum absolute atomic E-state index is 0.0158. The Kier molecular flexibility index (Phi) is 34.7. The fourth-order valence-electron chi connectivity index (χ4n) is 12.8. The topological polar surface area (TPSA) is 792 Å². The van der Waals surface area contributed by atoms with Crippen LogP contribution in [0.5, 0.6) is 0 Å². The molecule has 7 heterocycles. The van der Waals surface area contributed by atoms with Crippen molar-refractivity contribution in [1.82, 2.24) is 59.4 Å². The molecule has 13 aromatic rings. The van der Waals surface area contributed by atoms with E-state index in [-0.39, 0.29) is 62.3 Å². The molecule has 55 nitrogen and oxygen atoms in total. The van der Waals surface area contributed by atoms with Gasteiger partial charge in [0.1, 0.15) is 46.9 Å². The van der Waals surface area contributed by atoms with Gasteiger partial charge >= 0.3 is 31.3 Å². The van der Waals surface area contributed by atoms with E-state index in [0.29, 0.717) is 0 Å². The number of hydrogen-bond acceptors (Lipinski definition) is 39. The number of aliphatic hydroxyl groups excluding tert-OH is 2. The highest BCUT2D eigenvalue weighted by Crippen LogP contribution is 2.52. The lowest BCUT2D eigenvalue weighted by atomic mass is 10.2. The lowest BCUT2D eigenvalue weighted by Crippen LogP contribution is -2.37. The average molecular weight is 2080 g/mol. The first-order valence-corrected chi connectivity index (χ1v) is 48.5. The van der Waals surface area contributed by atoms with Crippen molar-refractivity contribution in [3.63, 3.8) is 0 Å². The quantitative estimate of drug-likeness (QED) is 0.0169. The number of phosphoric ester groups is 4. The van der Waals surface area contributed by atoms with E-state index in [1.807, 2.05) is 0 Å². The minimum atomic E-state index is -6.44. The Morgan fingerprint density at radius 3 is 0.952 bits per heavy atom. The maximum atomic E-state index is 15.0. The number of carbonyl (C=O) groups is 11. The summed E-state index contributed by atoms with van der Waals surface area (Å²) in [5.41, 5.74) is 10.4. The van der Waals surface area contributed by atoms with Gasteiger partial charge in [0.15, 0.2) is 59.2 Å². The number of anilines is 13. The molecule has 0 radical (unpaired) electrons. The fourth-order valence-corrected chi connectivity index (χ4v) is 16.3. The molecule has 754 valence electrons. The van der Waals surface area contributed by atoms with Gasteiger partial charge in [-0.15, -0.1) is 0 Å². The van der Waals surface area contributed by atoms with E-state index in [4.69, 9.17) is 52.4 Å². The summed E-state index contributed by atoms with van der Waals surface area (Å²) in [5.74, 6) is -17.3. The highest BCUT2D eigenvalue weighted by Gasteiger charge is 2.44. The first-order valence-electron chi connectivity index (χ1n) is 42.5. The number of ether oxygens (including phenoxy) is 1. The SMILES string of the molecule is Nc1nc(NC(=O)c2ccccc2)ncc1NC(=O)[C@@H](COP(=O)(O)O[C@H](COP(=O)(O)O[C@H](CO)C(=O)Nc1cnc(NC(=O)c2ccccc2)nc1NC(=O)c1ccccc1)C(=O)Nc1cnc(NC(=O)c2ccccc2)nc1NC(=O)c1ccccc1)OP(=O)(O)OC[C@@H](OP(=O)(O)OC[C@H]1O[C@@H](n2cnc3c(N)ncnc32)C[C@@H]1O)C(=O)Nc1cnc(NC(=O)c2ccccc2)nc1NC(=O)c1ccccc1. The summed E-state index contributed by atoms with van der Waals surface area (Å²) in [7, 11) is -24.9. The maximum absolute atomic E-state index is 15.0. The number of nitrogens with zero attached hydrogens (tertiary/aromatic N) is 12. The Balaban J connectivity index is 0.761. The summed E-state index contributed by atoms with van der Waals surface area (Å²) in [6, 6.07) is 52.0. The maximum Gasteiger partial charge on any atom is 0.473 e. The van der Waals surface area contributed by atoms with Gasteiger partial charge in [0, 0.05) is 45.4 Å². The molecule has 11 atom stereocenters. The van der Waals surface area contributed by atoms with Crippen molar-refractivity contribution in [1.29, 1.82) is 0 Å². The summed E-state index contributed by atoms with van der Waals surface area (Å²) in [5, 5.41) is 47.4. The Morgan fingerprint density at radius 2 is 0.637 bits per heavy atom. The number of rotatable bonds is 44. The number of nitrogen functional groups attached to an aromatic ring is 2. The number of phosphoric acid groups is 4. The highest BCUT2D eigenvalue weighted by atomic mass is 31.2. The zero-order valence-electron chi connectivity index (χ0n) is 74.7. The van der Waals surface area contributed by atoms with Gasteiger partial charge < -0.3 is 83.2 Å². The van der Waals surface area contributed by atoms with Crippen molar-refractivity contribution in [3.8, 4) is 0 Å². The van der Waals surface area contributed by atoms with Crippen molar-refractivity contribution in [2.24, 2.45) is 0 Å². The molecule has 6 aromatic heterocycles. The number of nitrogens with two attached hydrogens (primary N) is 2. The van der Waals surface area contributed by atoms with E-state index in [1.165, 1.54) is 169 Å². The number of amides is 11. The molecule has 0 aliphatic carbocycles. The molecule has 0 spiro atoms. The fraction of sp³-hybridized carbons (Fsp3) is 0.149. The number of aromatic nitrogens is 12. The normalized spacial score (nSPS) is 15.7. The molecule has 1 saturated heterocycles. The lowest BCUT2D eigenvalue weighted by molar-refractivity contribution is -0.128. The van der Waals surface area contributed by atoms with Gasteiger partial charge in [-0.05, 0) is 84.9 Å². The van der Waals surface area contributed by atoms with E-state index < -0.39 is 242 Å². The van der Waals surface area contributed by atoms with Crippen LogP contribution in [0.4, 0.5) is 75.6 Å². The molecule has 7 aromatic carbocycles. The summed E-state index contributed by atoms with van der Waals surface area (Å²) in [4.78, 5) is 245. The summed E-state index contributed by atoms with van der Waals surface area (Å²) in [6.45, 7) is -8.22. The van der Waals surface area contributed by atoms with Crippen LogP contribution >= 0.6 is 31.3 Å². The second-order valence-corrected chi connectivity index (χ2v) is 35.8. The molecule has 1 fully saturated rings. The predicted octanol–water partition coefficient (Wildman–Crippen LogP) is 7.12. The lowest BCUT2D eigenvalue weighted by Gasteiger charge is -2.25. The molecule has 59 heteroatoms. The third kappa shape index (κ3) is 29.2. The van der Waals surface area contributed by atoms with E-state index in [1.54, 1.807) is 54.6 Å². The number of benzene rings is 7. The highest BCUT2D eigenvalue weighted by molar-refractivity contribution is 7.48. The van der Waals surface area contributed by atoms with Crippen LogP contribution in [0.3, 0.4) is 0 Å². The van der Waals surface area contributed by atoms with Crippen molar-refractivity contribution in [2.45, 2.75) is 49.3 Å². The van der Waals surface area contributed by atoms with Crippen molar-refractivity contribution in [2.75, 3.05) is 103 Å². The van der Waals surface area contributed by atoms with Crippen LogP contribution in [0, 0.1) is 0 Å². The van der Waals surface area contributed by atoms with Crippen LogP contribution in [-0.4, -0.2) is 224 Å². The van der Waals surface area contributed by atoms with Crippen LogP contribution < -0.4 is 70.0 Å². The van der Waals surface area contributed by atoms with Gasteiger partial charge in [0.05, 0.1) is 70.3 Å². The first kappa shape index (κ1) is 105. The van der Waals surface area contributed by atoms with Crippen LogP contribution in [0.2, 0.25) is 0 Å². The summed E-state index contributed by atoms with van der Waals surface area (Å²) in [6.07, 6.45) is -10.2. The molecule has 0 saturated carbocycles. The summed E-state index contributed by atoms with van der Waals surface area (Å²) >= 11 is 0. The van der Waals surface area contributed by atoms with Gasteiger partial charge in [-0.2, -0.15) is 19.9 Å². The molecule has 146 heavy (non-hydrogen) atoms. The number of aliphatic hydroxyl groups is 2. The number of imidazole rings is 1. The van der Waals surface area contributed by atoms with Crippen LogP contribution in [0.1, 0.15) is 85.2 Å². The Morgan fingerprint density at radius 1 is 0.356 bits per heavy atom. The third-order valence-corrected chi connectivity index (χ3v) is 23.9. The smallest absolute Gasteiger partial charge is 0.393 e. The standard InChI is InChI=1S/C87H81N25O30P4/c88-67-55(37-90-84(101-67)108-76(118)51-28-14-4-15-29-51)97-81(123)62(140-145(130,131)137-45-64(141-144(128,129)134-42-61-59(114)36-65(138-61)112-47-96-66-68(89)94-46-95-72(66)112)83(125)100-58-40-93-87(111-79(121)54-34-20-7-21-35-54)107-71(58)104-75(117)50-26-12-3-13-27-50)43-136-146(132,133)142-63(82(124)99-57-39-92-86(110-78(120)53-32-18-6-19-33-53)106-70(57)103-74(116)49-24-10-2-11-25-49)44-135-143(126,127)139-60(41-113)80(122)98-56-38-91-85(109-77(119)52-30-16-5-17-31-52)105-69(56)102-73(115)48-22-8-1-9-23-48/h1-35,37-40,46-47,59-65,113-114H,36,41-45H2,(H,97,123)(H,98,122)(H,99,124)(H,100,125)(H,126,127)(H,128,129)(H,130,131)(H,132,133)(H2,89,94,95)(H3,88,90,101,108,118)(H2,91,102,105,109,115,119)(H2,92,103,106,110,116,120)(H2,93,104,107,111,117,121)/t59-,60+,61+,62+,63+,64+,65+/m0/s1. The van der Waals surface area contributed by atoms with E-state index in [2.05, 4.69) is 113 Å². The van der Waals surface area contributed by atoms with Gasteiger partial charge in [-0.1, -0.05) is 127 Å². The molecular formula is C87H81N25O30P4. The molecular weight excluding hydrogens is 2000 g/mol. The van der Waals surface area contributed by atoms with Gasteiger partial charge in [-0.25, -0.2) is 53.1 Å². The first-order chi connectivity index (χ1) is 70.0. The average Bonchev–Trinajstić information content (AvgIpc) is 1.63. The third-order valence-electron chi connectivity index (χ3n) is 19.9. The van der Waals surface area contributed by atoms with Crippen LogP contribution in [0.15, 0.2) is 250 Å². The molecule has 21 N–H and O–H groups in total. The Hall–Kier alpha value is -16.5. The van der Waals surface area contributed by atoms with Gasteiger partial charge in [0.2, 0.25) is 23.8 Å². The molecule has 1 aliphatic rings. The largest absolute Gasteiger partial charge is 0.473 e. The second-order valence-electron chi connectivity index (χ2n) is 30.2. The molecule has 4 unspecified atom stereocenters. The zero-order chi connectivity index (χ0) is 104. The number of hydrogen-bond donors (Lipinski definition) is 19. The molecule has 14 rings (SSSR count). The van der Waals surface area contributed by atoms with Crippen molar-refractivity contribution < 1.29 is 142 Å². The second kappa shape index (κ2) is 48.1.